The van der Waals surface area contributed by atoms with Crippen molar-refractivity contribution in [1.82, 2.24) is 20.1 Å². The average Bonchev–Trinajstić information content (AvgIpc) is 3.46. The van der Waals surface area contributed by atoms with Gasteiger partial charge in [-0.2, -0.15) is 5.10 Å². The first-order valence-electron chi connectivity index (χ1n) is 11.4. The van der Waals surface area contributed by atoms with Gasteiger partial charge in [-0.05, 0) is 62.9 Å². The number of nitrogens with one attached hydrogen (secondary N) is 1. The Morgan fingerprint density at radius 3 is 2.28 bits per heavy atom. The third kappa shape index (κ3) is 3.47. The van der Waals surface area contributed by atoms with Crippen LogP contribution in [0.25, 0.3) is 11.3 Å². The highest BCUT2D eigenvalue weighted by molar-refractivity contribution is 5.60. The number of aliphatic hydroxyl groups is 2. The van der Waals surface area contributed by atoms with E-state index < -0.39 is 11.2 Å². The molecule has 1 saturated carbocycles. The SMILES string of the molecule is CN1CC(C)([C@](O)(c2ccc(C3CC3)cc2)c2cncc(-c3cc(C(C)(C)O)[nH]n3)c2)C1. The van der Waals surface area contributed by atoms with Crippen molar-refractivity contribution < 1.29 is 10.2 Å². The first kappa shape index (κ1) is 21.3. The Morgan fingerprint density at radius 2 is 1.72 bits per heavy atom. The van der Waals surface area contributed by atoms with E-state index in [0.29, 0.717) is 17.3 Å². The van der Waals surface area contributed by atoms with Gasteiger partial charge >= 0.3 is 0 Å². The predicted octanol–water partition coefficient (Wildman–Crippen LogP) is 3.76. The molecule has 0 unspecified atom stereocenters. The molecule has 32 heavy (non-hydrogen) atoms. The number of likely N-dealkylation sites (tertiary alicyclic amines) is 1. The summed E-state index contributed by atoms with van der Waals surface area (Å²) < 4.78 is 0. The molecule has 168 valence electrons. The second kappa shape index (κ2) is 7.24. The molecule has 2 aromatic heterocycles. The fraction of sp³-hybridized carbons (Fsp3) is 0.462. The molecule has 0 spiro atoms. The molecule has 1 aromatic carbocycles. The lowest BCUT2D eigenvalue weighted by Crippen LogP contribution is -2.63. The van der Waals surface area contributed by atoms with E-state index in [1.807, 2.05) is 12.1 Å². The normalized spacial score (nSPS) is 20.6. The molecule has 3 aromatic rings. The summed E-state index contributed by atoms with van der Waals surface area (Å²) in [5, 5.41) is 30.0. The molecule has 1 aliphatic heterocycles. The van der Waals surface area contributed by atoms with Crippen LogP contribution >= 0.6 is 0 Å². The Morgan fingerprint density at radius 1 is 1.03 bits per heavy atom. The Labute approximate surface area is 189 Å². The van der Waals surface area contributed by atoms with Gasteiger partial charge in [0.05, 0.1) is 11.4 Å². The van der Waals surface area contributed by atoms with Gasteiger partial charge in [-0.15, -0.1) is 0 Å². The minimum absolute atomic E-state index is 0.340. The van der Waals surface area contributed by atoms with Crippen LogP contribution < -0.4 is 0 Å². The lowest BCUT2D eigenvalue weighted by Gasteiger charge is -2.55. The Kier molecular flexibility index (Phi) is 4.82. The van der Waals surface area contributed by atoms with Crippen molar-refractivity contribution in [1.29, 1.82) is 0 Å². The highest BCUT2D eigenvalue weighted by atomic mass is 16.3. The first-order chi connectivity index (χ1) is 15.1. The lowest BCUT2D eigenvalue weighted by atomic mass is 9.62. The maximum atomic E-state index is 12.4. The van der Waals surface area contributed by atoms with E-state index in [9.17, 15) is 10.2 Å². The Balaban J connectivity index is 1.58. The summed E-state index contributed by atoms with van der Waals surface area (Å²) in [6, 6.07) is 12.3. The van der Waals surface area contributed by atoms with Crippen LogP contribution in [0.5, 0.6) is 0 Å². The molecule has 2 fully saturated rings. The Bertz CT molecular complexity index is 1120. The zero-order valence-corrected chi connectivity index (χ0v) is 19.3. The highest BCUT2D eigenvalue weighted by Crippen LogP contribution is 2.51. The molecule has 0 bridgehead atoms. The zero-order chi connectivity index (χ0) is 22.7. The number of H-pyrrole nitrogens is 1. The molecule has 0 radical (unpaired) electrons. The third-order valence-corrected chi connectivity index (χ3v) is 7.18. The monoisotopic (exact) mass is 432 g/mol. The molecule has 6 heteroatoms. The molecule has 1 saturated heterocycles. The fourth-order valence-corrected chi connectivity index (χ4v) is 5.21. The first-order valence-corrected chi connectivity index (χ1v) is 11.4. The molecule has 5 rings (SSSR count). The molecule has 1 aliphatic carbocycles. The molecule has 2 aliphatic rings. The van der Waals surface area contributed by atoms with E-state index in [2.05, 4.69) is 58.3 Å². The van der Waals surface area contributed by atoms with Gasteiger partial charge in [-0.25, -0.2) is 0 Å². The minimum atomic E-state index is -1.18. The molecular weight excluding hydrogens is 400 g/mol. The maximum absolute atomic E-state index is 12.4. The van der Waals surface area contributed by atoms with Gasteiger partial charge in [-0.3, -0.25) is 10.1 Å². The van der Waals surface area contributed by atoms with E-state index in [1.165, 1.54) is 18.4 Å². The van der Waals surface area contributed by atoms with Crippen LogP contribution in [0.15, 0.2) is 48.8 Å². The average molecular weight is 433 g/mol. The van der Waals surface area contributed by atoms with Gasteiger partial charge in [0.15, 0.2) is 0 Å². The maximum Gasteiger partial charge on any atom is 0.124 e. The zero-order valence-electron chi connectivity index (χ0n) is 19.3. The van der Waals surface area contributed by atoms with E-state index in [1.54, 1.807) is 26.2 Å². The van der Waals surface area contributed by atoms with Crippen LogP contribution in [0.2, 0.25) is 0 Å². The van der Waals surface area contributed by atoms with Crippen LogP contribution in [-0.2, 0) is 11.2 Å². The number of aromatic amines is 1. The molecule has 6 nitrogen and oxygen atoms in total. The summed E-state index contributed by atoms with van der Waals surface area (Å²) in [5.41, 5.74) is 2.62. The molecule has 0 amide bonds. The summed E-state index contributed by atoms with van der Waals surface area (Å²) in [5.74, 6) is 0.678. The van der Waals surface area contributed by atoms with Crippen LogP contribution in [0.1, 0.15) is 61.9 Å². The van der Waals surface area contributed by atoms with Gasteiger partial charge in [0.2, 0.25) is 0 Å². The van der Waals surface area contributed by atoms with Crippen LogP contribution in [0.3, 0.4) is 0 Å². The summed E-state index contributed by atoms with van der Waals surface area (Å²) in [4.78, 5) is 6.71. The predicted molar refractivity (Wildman–Crippen MR) is 124 cm³/mol. The number of hydrogen-bond acceptors (Lipinski definition) is 5. The lowest BCUT2D eigenvalue weighted by molar-refractivity contribution is -0.127. The number of rotatable bonds is 6. The van der Waals surface area contributed by atoms with Crippen LogP contribution in [0, 0.1) is 5.41 Å². The number of aromatic nitrogens is 3. The van der Waals surface area contributed by atoms with E-state index in [-0.39, 0.29) is 5.41 Å². The van der Waals surface area contributed by atoms with Crippen LogP contribution in [-0.4, -0.2) is 50.4 Å². The smallest absolute Gasteiger partial charge is 0.124 e. The minimum Gasteiger partial charge on any atom is -0.384 e. The summed E-state index contributed by atoms with van der Waals surface area (Å²) in [6.07, 6.45) is 6.04. The van der Waals surface area contributed by atoms with E-state index in [4.69, 9.17) is 0 Å². The number of nitrogens with zero attached hydrogens (tertiary/aromatic N) is 3. The number of benzene rings is 1. The molecule has 3 N–H and O–H groups in total. The number of hydrogen-bond donors (Lipinski definition) is 3. The molecular formula is C26H32N4O2. The van der Waals surface area contributed by atoms with Crippen molar-refractivity contribution in [2.75, 3.05) is 20.1 Å². The van der Waals surface area contributed by atoms with Crippen molar-refractivity contribution >= 4 is 0 Å². The van der Waals surface area contributed by atoms with Crippen molar-refractivity contribution in [3.8, 4) is 11.3 Å². The third-order valence-electron chi connectivity index (χ3n) is 7.18. The highest BCUT2D eigenvalue weighted by Gasteiger charge is 2.55. The second-order valence-corrected chi connectivity index (χ2v) is 10.5. The van der Waals surface area contributed by atoms with Crippen molar-refractivity contribution in [3.63, 3.8) is 0 Å². The summed E-state index contributed by atoms with van der Waals surface area (Å²) in [6.45, 7) is 7.18. The van der Waals surface area contributed by atoms with E-state index >= 15 is 0 Å². The van der Waals surface area contributed by atoms with Gasteiger partial charge in [0.1, 0.15) is 11.2 Å². The fourth-order valence-electron chi connectivity index (χ4n) is 5.21. The molecule has 3 heterocycles. The van der Waals surface area contributed by atoms with Crippen molar-refractivity contribution in [3.05, 3.63) is 71.2 Å². The van der Waals surface area contributed by atoms with Gasteiger partial charge in [0.25, 0.3) is 0 Å². The molecule has 1 atom stereocenters. The van der Waals surface area contributed by atoms with Crippen LogP contribution in [0.4, 0.5) is 0 Å². The second-order valence-electron chi connectivity index (χ2n) is 10.5. The van der Waals surface area contributed by atoms with Crippen molar-refractivity contribution in [2.24, 2.45) is 5.41 Å². The van der Waals surface area contributed by atoms with Gasteiger partial charge < -0.3 is 15.1 Å². The quantitative estimate of drug-likeness (QED) is 0.552. The number of pyridine rings is 1. The van der Waals surface area contributed by atoms with Gasteiger partial charge in [-0.1, -0.05) is 31.2 Å². The Hall–Kier alpha value is -2.54. The van der Waals surface area contributed by atoms with Gasteiger partial charge in [0, 0.05) is 42.0 Å². The standard InChI is InChI=1S/C26H32N4O2/c1-24(2,31)23-12-22(28-29-23)19-11-21(14-27-13-19)26(32,25(3)15-30(4)16-25)20-9-7-18(8-10-20)17-5-6-17/h7-14,17,31-32H,5-6,15-16H2,1-4H3,(H,28,29)/t26-/m0/s1. The summed E-state index contributed by atoms with van der Waals surface area (Å²) >= 11 is 0. The van der Waals surface area contributed by atoms with E-state index in [0.717, 1.165) is 29.8 Å². The summed E-state index contributed by atoms with van der Waals surface area (Å²) in [7, 11) is 2.08. The topological polar surface area (TPSA) is 85.3 Å². The van der Waals surface area contributed by atoms with Crippen molar-refractivity contribution in [2.45, 2.75) is 50.7 Å². The largest absolute Gasteiger partial charge is 0.384 e.